The van der Waals surface area contributed by atoms with Gasteiger partial charge in [0.2, 0.25) is 0 Å². The van der Waals surface area contributed by atoms with Gasteiger partial charge in [0.25, 0.3) is 5.91 Å². The van der Waals surface area contributed by atoms with Gasteiger partial charge in [0, 0.05) is 25.7 Å². The van der Waals surface area contributed by atoms with E-state index in [1.165, 1.54) is 0 Å². The fourth-order valence-corrected chi connectivity index (χ4v) is 3.48. The quantitative estimate of drug-likeness (QED) is 0.795. The molecule has 0 aliphatic carbocycles. The molecule has 0 saturated carbocycles. The number of fused-ring (bicyclic) bond motifs is 1. The summed E-state index contributed by atoms with van der Waals surface area (Å²) >= 11 is 0. The van der Waals surface area contributed by atoms with Crippen molar-refractivity contribution >= 4 is 5.91 Å². The first kappa shape index (κ1) is 17.9. The zero-order valence-electron chi connectivity index (χ0n) is 15.3. The van der Waals surface area contributed by atoms with Crippen LogP contribution in [0, 0.1) is 0 Å². The number of nitrogens with one attached hydrogen (secondary N) is 1. The number of rotatable bonds is 5. The summed E-state index contributed by atoms with van der Waals surface area (Å²) in [5, 5.41) is 11.0. The number of nitrogens with zero attached hydrogens (tertiary/aromatic N) is 4. The van der Waals surface area contributed by atoms with E-state index in [9.17, 15) is 4.79 Å². The first-order valence-corrected chi connectivity index (χ1v) is 8.96. The summed E-state index contributed by atoms with van der Waals surface area (Å²) in [4.78, 5) is 14.9. The molecule has 2 saturated heterocycles. The number of methoxy groups -OCH3 is 1. The van der Waals surface area contributed by atoms with Gasteiger partial charge in [0.1, 0.15) is 5.75 Å². The molecule has 1 aromatic heterocycles. The Labute approximate surface area is 157 Å². The highest BCUT2D eigenvalue weighted by atomic mass is 16.5. The fourth-order valence-electron chi connectivity index (χ4n) is 3.48. The van der Waals surface area contributed by atoms with Crippen LogP contribution in [0.25, 0.3) is 5.69 Å². The number of carbonyl (C=O) groups is 1. The van der Waals surface area contributed by atoms with Crippen LogP contribution in [0.1, 0.15) is 10.5 Å². The van der Waals surface area contributed by atoms with Crippen molar-refractivity contribution in [1.82, 2.24) is 25.2 Å². The Kier molecular flexibility index (Phi) is 5.06. The summed E-state index contributed by atoms with van der Waals surface area (Å²) in [7, 11) is 1.60. The maximum atomic E-state index is 12.6. The molecule has 0 unspecified atom stereocenters. The third kappa shape index (κ3) is 3.66. The molecule has 9 heteroatoms. The van der Waals surface area contributed by atoms with Crippen molar-refractivity contribution in [2.75, 3.05) is 53.2 Å². The second kappa shape index (κ2) is 7.63. The smallest absolute Gasteiger partial charge is 0.273 e. The van der Waals surface area contributed by atoms with Crippen LogP contribution in [0.15, 0.2) is 30.5 Å². The molecule has 0 spiro atoms. The molecule has 2 aromatic rings. The van der Waals surface area contributed by atoms with Gasteiger partial charge in [-0.05, 0) is 12.1 Å². The second-order valence-electron chi connectivity index (χ2n) is 6.75. The van der Waals surface area contributed by atoms with Crippen molar-refractivity contribution in [2.24, 2.45) is 0 Å². The standard InChI is InChI=1S/C18H23N5O4/c1-25-15-4-2-3-14(9-15)23-10-16(20-21-23)17(24)19-11-18-12-26-7-5-22(18)6-8-27-13-18/h2-4,9-10H,5-8,11-13H2,1H3,(H,19,24). The summed E-state index contributed by atoms with van der Waals surface area (Å²) in [5.74, 6) is 0.442. The molecule has 0 bridgehead atoms. The Morgan fingerprint density at radius 1 is 1.30 bits per heavy atom. The van der Waals surface area contributed by atoms with Gasteiger partial charge in [-0.1, -0.05) is 11.3 Å². The van der Waals surface area contributed by atoms with Gasteiger partial charge in [-0.3, -0.25) is 9.69 Å². The lowest BCUT2D eigenvalue weighted by atomic mass is 9.96. The van der Waals surface area contributed by atoms with Crippen LogP contribution in [0.3, 0.4) is 0 Å². The van der Waals surface area contributed by atoms with E-state index in [1.807, 2.05) is 24.3 Å². The van der Waals surface area contributed by atoms with E-state index >= 15 is 0 Å². The predicted octanol–water partition coefficient (Wildman–Crippen LogP) is 0.107. The number of ether oxygens (including phenoxy) is 3. The van der Waals surface area contributed by atoms with Gasteiger partial charge >= 0.3 is 0 Å². The molecule has 3 heterocycles. The van der Waals surface area contributed by atoms with Crippen LogP contribution in [0.4, 0.5) is 0 Å². The minimum absolute atomic E-state index is 0.259. The molecule has 0 atom stereocenters. The summed E-state index contributed by atoms with van der Waals surface area (Å²) in [5.41, 5.74) is 0.718. The van der Waals surface area contributed by atoms with E-state index in [4.69, 9.17) is 14.2 Å². The lowest BCUT2D eigenvalue weighted by Crippen LogP contribution is -2.67. The number of amides is 1. The van der Waals surface area contributed by atoms with E-state index in [1.54, 1.807) is 18.0 Å². The van der Waals surface area contributed by atoms with Gasteiger partial charge in [-0.15, -0.1) is 5.10 Å². The Hall–Kier alpha value is -2.49. The lowest BCUT2D eigenvalue weighted by Gasteiger charge is -2.49. The van der Waals surface area contributed by atoms with Crippen molar-refractivity contribution in [3.8, 4) is 11.4 Å². The van der Waals surface area contributed by atoms with Crippen molar-refractivity contribution in [3.63, 3.8) is 0 Å². The van der Waals surface area contributed by atoms with E-state index in [2.05, 4.69) is 20.5 Å². The Morgan fingerprint density at radius 2 is 2.07 bits per heavy atom. The predicted molar refractivity (Wildman–Crippen MR) is 96.2 cm³/mol. The van der Waals surface area contributed by atoms with E-state index in [0.717, 1.165) is 18.8 Å². The minimum atomic E-state index is -0.311. The van der Waals surface area contributed by atoms with Crippen molar-refractivity contribution < 1.29 is 19.0 Å². The molecule has 0 radical (unpaired) electrons. The Balaban J connectivity index is 1.43. The number of hydrogen-bond acceptors (Lipinski definition) is 7. The number of morpholine rings is 2. The maximum Gasteiger partial charge on any atom is 0.273 e. The highest BCUT2D eigenvalue weighted by molar-refractivity contribution is 5.92. The van der Waals surface area contributed by atoms with E-state index in [-0.39, 0.29) is 17.1 Å². The number of hydrogen-bond donors (Lipinski definition) is 1. The SMILES string of the molecule is COc1cccc(-n2cc(C(=O)NCC34COCCN3CCOC4)nn2)c1. The van der Waals surface area contributed by atoms with Gasteiger partial charge in [-0.25, -0.2) is 4.68 Å². The summed E-state index contributed by atoms with van der Waals surface area (Å²) in [6.45, 7) is 4.66. The van der Waals surface area contributed by atoms with Gasteiger partial charge in [0.15, 0.2) is 5.69 Å². The molecule has 144 valence electrons. The third-order valence-corrected chi connectivity index (χ3v) is 5.05. The summed E-state index contributed by atoms with van der Waals surface area (Å²) < 4.78 is 18.1. The molecule has 9 nitrogen and oxygen atoms in total. The van der Waals surface area contributed by atoms with E-state index < -0.39 is 0 Å². The number of aromatic nitrogens is 3. The maximum absolute atomic E-state index is 12.6. The Bertz CT molecular complexity index is 797. The highest BCUT2D eigenvalue weighted by Crippen LogP contribution is 2.23. The molecule has 27 heavy (non-hydrogen) atoms. The summed E-state index contributed by atoms with van der Waals surface area (Å²) in [6, 6.07) is 7.40. The van der Waals surface area contributed by atoms with Gasteiger partial charge in [-0.2, -0.15) is 0 Å². The van der Waals surface area contributed by atoms with Crippen LogP contribution >= 0.6 is 0 Å². The van der Waals surface area contributed by atoms with Crippen molar-refractivity contribution in [1.29, 1.82) is 0 Å². The van der Waals surface area contributed by atoms with Crippen molar-refractivity contribution in [2.45, 2.75) is 5.54 Å². The molecular weight excluding hydrogens is 350 g/mol. The van der Waals surface area contributed by atoms with Crippen LogP contribution in [0.2, 0.25) is 0 Å². The number of carbonyl (C=O) groups excluding carboxylic acids is 1. The topological polar surface area (TPSA) is 90.7 Å². The normalized spacial score (nSPS) is 19.3. The zero-order valence-corrected chi connectivity index (χ0v) is 15.3. The van der Waals surface area contributed by atoms with Gasteiger partial charge in [0.05, 0.1) is 51.0 Å². The lowest BCUT2D eigenvalue weighted by molar-refractivity contribution is -0.139. The van der Waals surface area contributed by atoms with Gasteiger partial charge < -0.3 is 19.5 Å². The average molecular weight is 373 g/mol. The van der Waals surface area contributed by atoms with Crippen LogP contribution in [0.5, 0.6) is 5.75 Å². The molecule has 1 N–H and O–H groups in total. The first-order chi connectivity index (χ1) is 13.2. The monoisotopic (exact) mass is 373 g/mol. The molecule has 2 aliphatic rings. The largest absolute Gasteiger partial charge is 0.497 e. The molecule has 4 rings (SSSR count). The molecule has 1 amide bonds. The Morgan fingerprint density at radius 3 is 2.81 bits per heavy atom. The average Bonchev–Trinajstić information content (AvgIpc) is 3.22. The minimum Gasteiger partial charge on any atom is -0.497 e. The highest BCUT2D eigenvalue weighted by Gasteiger charge is 2.42. The second-order valence-corrected chi connectivity index (χ2v) is 6.75. The molecule has 2 fully saturated rings. The van der Waals surface area contributed by atoms with E-state index in [0.29, 0.717) is 38.7 Å². The fraction of sp³-hybridized carbons (Fsp3) is 0.500. The molecule has 1 aromatic carbocycles. The van der Waals surface area contributed by atoms with Crippen LogP contribution in [-0.2, 0) is 9.47 Å². The molecule has 2 aliphatic heterocycles. The number of benzene rings is 1. The third-order valence-electron chi connectivity index (χ3n) is 5.05. The van der Waals surface area contributed by atoms with Crippen LogP contribution < -0.4 is 10.1 Å². The zero-order chi connectivity index (χ0) is 18.7. The molecular formula is C18H23N5O4. The summed E-state index contributed by atoms with van der Waals surface area (Å²) in [6.07, 6.45) is 1.61. The van der Waals surface area contributed by atoms with Crippen molar-refractivity contribution in [3.05, 3.63) is 36.2 Å². The van der Waals surface area contributed by atoms with Crippen LogP contribution in [-0.4, -0.2) is 84.5 Å². The first-order valence-electron chi connectivity index (χ1n) is 8.96.